The Morgan fingerprint density at radius 1 is 0.917 bits per heavy atom. The van der Waals surface area contributed by atoms with Crippen LogP contribution in [0.1, 0.15) is 62.3 Å². The van der Waals surface area contributed by atoms with Gasteiger partial charge in [-0.25, -0.2) is 4.79 Å². The second kappa shape index (κ2) is 12.3. The minimum atomic E-state index is -0.257. The van der Waals surface area contributed by atoms with Crippen molar-refractivity contribution < 1.29 is 19.1 Å². The van der Waals surface area contributed by atoms with Crippen molar-refractivity contribution in [1.29, 1.82) is 0 Å². The van der Waals surface area contributed by atoms with Crippen LogP contribution >= 0.6 is 0 Å². The summed E-state index contributed by atoms with van der Waals surface area (Å²) in [6, 6.07) is 16.5. The van der Waals surface area contributed by atoms with Crippen LogP contribution in [0.3, 0.4) is 0 Å². The molecule has 2 aliphatic rings. The highest BCUT2D eigenvalue weighted by Crippen LogP contribution is 2.37. The number of nitrogens with zero attached hydrogens (tertiary/aromatic N) is 3. The fraction of sp³-hybridized carbons (Fsp3) is 0.517. The van der Waals surface area contributed by atoms with Crippen molar-refractivity contribution in [2.45, 2.75) is 52.2 Å². The quantitative estimate of drug-likeness (QED) is 0.508. The van der Waals surface area contributed by atoms with Crippen LogP contribution in [-0.4, -0.2) is 67.7 Å². The lowest BCUT2D eigenvalue weighted by molar-refractivity contribution is -0.143. The molecule has 194 valence electrons. The number of benzene rings is 2. The third-order valence-corrected chi connectivity index (χ3v) is 7.44. The van der Waals surface area contributed by atoms with Crippen molar-refractivity contribution in [3.8, 4) is 0 Å². The van der Waals surface area contributed by atoms with Gasteiger partial charge < -0.3 is 19.3 Å². The van der Waals surface area contributed by atoms with E-state index in [9.17, 15) is 9.59 Å². The summed E-state index contributed by atoms with van der Waals surface area (Å²) in [6.07, 6.45) is 1.10. The fourth-order valence-corrected chi connectivity index (χ4v) is 5.18. The maximum atomic E-state index is 13.1. The number of hydrogen-bond acceptors (Lipinski definition) is 6. The molecule has 2 aromatic rings. The lowest BCUT2D eigenvalue weighted by Crippen LogP contribution is -2.47. The van der Waals surface area contributed by atoms with E-state index in [0.29, 0.717) is 25.5 Å². The largest absolute Gasteiger partial charge is 0.466 e. The Hall–Kier alpha value is -3.06. The van der Waals surface area contributed by atoms with Gasteiger partial charge in [0.25, 0.3) is 0 Å². The van der Waals surface area contributed by atoms with Gasteiger partial charge in [0.05, 0.1) is 19.1 Å². The molecule has 4 rings (SSSR count). The molecule has 1 saturated heterocycles. The number of anilines is 1. The number of hydrogen-bond donors (Lipinski definition) is 0. The third-order valence-electron chi connectivity index (χ3n) is 7.44. The molecular formula is C29H39N3O4. The van der Waals surface area contributed by atoms with Crippen molar-refractivity contribution in [3.05, 3.63) is 65.2 Å². The molecule has 2 aromatic carbocycles. The Kier molecular flexibility index (Phi) is 8.86. The molecule has 0 radical (unpaired) electrons. The Balaban J connectivity index is 1.40. The van der Waals surface area contributed by atoms with E-state index < -0.39 is 0 Å². The minimum Gasteiger partial charge on any atom is -0.466 e. The normalized spacial score (nSPS) is 20.4. The smallest absolute Gasteiger partial charge is 0.410 e. The zero-order chi connectivity index (χ0) is 25.5. The Bertz CT molecular complexity index is 1020. The topological polar surface area (TPSA) is 62.3 Å². The van der Waals surface area contributed by atoms with E-state index in [-0.39, 0.29) is 24.7 Å². The summed E-state index contributed by atoms with van der Waals surface area (Å²) in [4.78, 5) is 31.4. The highest BCUT2D eigenvalue weighted by Gasteiger charge is 2.30. The number of carbonyl (C=O) groups is 2. The predicted molar refractivity (Wildman–Crippen MR) is 141 cm³/mol. The first-order valence-corrected chi connectivity index (χ1v) is 13.2. The molecule has 7 nitrogen and oxygen atoms in total. The molecule has 0 unspecified atom stereocenters. The lowest BCUT2D eigenvalue weighted by atomic mass is 9.91. The van der Waals surface area contributed by atoms with Gasteiger partial charge in [-0.15, -0.1) is 0 Å². The first-order valence-electron chi connectivity index (χ1n) is 13.2. The van der Waals surface area contributed by atoms with E-state index in [2.05, 4.69) is 41.8 Å². The SMILES string of the molecule is CCOC(=O)CCN1CCN(c2ccc3c(c2)[C@@H](C)N(C(=O)OCc2ccccc2)CC[C@@H]3C)CC1. The second-order valence-corrected chi connectivity index (χ2v) is 9.80. The molecule has 7 heteroatoms. The monoisotopic (exact) mass is 493 g/mol. The molecule has 2 atom stereocenters. The molecule has 0 bridgehead atoms. The van der Waals surface area contributed by atoms with Crippen LogP contribution in [0.5, 0.6) is 0 Å². The van der Waals surface area contributed by atoms with Crippen molar-refractivity contribution in [3.63, 3.8) is 0 Å². The van der Waals surface area contributed by atoms with Crippen LogP contribution in [-0.2, 0) is 20.9 Å². The maximum absolute atomic E-state index is 13.1. The second-order valence-electron chi connectivity index (χ2n) is 9.80. The number of rotatable bonds is 7. The van der Waals surface area contributed by atoms with Crippen molar-refractivity contribution in [2.75, 3.05) is 50.8 Å². The van der Waals surface area contributed by atoms with Gasteiger partial charge in [-0.2, -0.15) is 0 Å². The Labute approximate surface area is 215 Å². The third kappa shape index (κ3) is 6.38. The summed E-state index contributed by atoms with van der Waals surface area (Å²) in [5.41, 5.74) is 4.71. The summed E-state index contributed by atoms with van der Waals surface area (Å²) >= 11 is 0. The average molecular weight is 494 g/mol. The Morgan fingerprint density at radius 2 is 1.67 bits per heavy atom. The van der Waals surface area contributed by atoms with E-state index in [1.165, 1.54) is 16.8 Å². The number of piperazine rings is 1. The lowest BCUT2D eigenvalue weighted by Gasteiger charge is -2.36. The van der Waals surface area contributed by atoms with Gasteiger partial charge in [0.2, 0.25) is 0 Å². The molecule has 2 heterocycles. The number of fused-ring (bicyclic) bond motifs is 1. The highest BCUT2D eigenvalue weighted by molar-refractivity contribution is 5.70. The van der Waals surface area contributed by atoms with Gasteiger partial charge in [0, 0.05) is 45.0 Å². The number of ether oxygens (including phenoxy) is 2. The number of amides is 1. The minimum absolute atomic E-state index is 0.0564. The summed E-state index contributed by atoms with van der Waals surface area (Å²) in [5, 5.41) is 0. The van der Waals surface area contributed by atoms with Gasteiger partial charge in [0.15, 0.2) is 0 Å². The van der Waals surface area contributed by atoms with Crippen LogP contribution in [0.2, 0.25) is 0 Å². The average Bonchev–Trinajstić information content (AvgIpc) is 3.03. The van der Waals surface area contributed by atoms with Crippen molar-refractivity contribution in [2.24, 2.45) is 0 Å². The number of esters is 1. The maximum Gasteiger partial charge on any atom is 0.410 e. The molecule has 36 heavy (non-hydrogen) atoms. The summed E-state index contributed by atoms with van der Waals surface area (Å²) in [6.45, 7) is 12.0. The number of carbonyl (C=O) groups excluding carboxylic acids is 2. The predicted octanol–water partition coefficient (Wildman–Crippen LogP) is 4.97. The van der Waals surface area contributed by atoms with E-state index in [1.807, 2.05) is 42.2 Å². The summed E-state index contributed by atoms with van der Waals surface area (Å²) < 4.78 is 10.8. The van der Waals surface area contributed by atoms with Gasteiger partial charge in [-0.3, -0.25) is 9.69 Å². The highest BCUT2D eigenvalue weighted by atomic mass is 16.6. The molecule has 0 saturated carbocycles. The first kappa shape index (κ1) is 26.0. The van der Waals surface area contributed by atoms with E-state index in [1.54, 1.807) is 0 Å². The molecule has 0 aromatic heterocycles. The van der Waals surface area contributed by atoms with Crippen molar-refractivity contribution >= 4 is 17.7 Å². The Morgan fingerprint density at radius 3 is 2.39 bits per heavy atom. The first-order chi connectivity index (χ1) is 17.5. The van der Waals surface area contributed by atoms with Crippen LogP contribution in [0, 0.1) is 0 Å². The van der Waals surface area contributed by atoms with Crippen molar-refractivity contribution in [1.82, 2.24) is 9.80 Å². The zero-order valence-electron chi connectivity index (χ0n) is 21.8. The fourth-order valence-electron chi connectivity index (χ4n) is 5.18. The molecule has 0 aliphatic carbocycles. The summed E-state index contributed by atoms with van der Waals surface area (Å²) in [5.74, 6) is 0.254. The standard InChI is InChI=1S/C29H39N3O4/c1-4-35-28(33)13-14-30-16-18-31(19-17-30)25-10-11-26-22(2)12-15-32(23(3)27(26)20-25)29(34)36-21-24-8-6-5-7-9-24/h5-11,20,22-23H,4,12-19,21H2,1-3H3/t22-,23+/m0/s1. The van der Waals surface area contributed by atoms with Crippen LogP contribution in [0.25, 0.3) is 0 Å². The van der Waals surface area contributed by atoms with Gasteiger partial charge in [-0.05, 0) is 55.0 Å². The van der Waals surface area contributed by atoms with E-state index in [4.69, 9.17) is 9.47 Å². The van der Waals surface area contributed by atoms with Gasteiger partial charge in [-0.1, -0.05) is 43.3 Å². The van der Waals surface area contributed by atoms with Crippen LogP contribution in [0.15, 0.2) is 48.5 Å². The molecule has 0 N–H and O–H groups in total. The van der Waals surface area contributed by atoms with Gasteiger partial charge in [0.1, 0.15) is 6.61 Å². The molecule has 1 fully saturated rings. The van der Waals surface area contributed by atoms with E-state index >= 15 is 0 Å². The van der Waals surface area contributed by atoms with E-state index in [0.717, 1.165) is 44.7 Å². The van der Waals surface area contributed by atoms with Crippen LogP contribution < -0.4 is 4.90 Å². The molecule has 1 amide bonds. The summed E-state index contributed by atoms with van der Waals surface area (Å²) in [7, 11) is 0. The van der Waals surface area contributed by atoms with Crippen LogP contribution in [0.4, 0.5) is 10.5 Å². The molecule has 2 aliphatic heterocycles. The zero-order valence-corrected chi connectivity index (χ0v) is 21.8. The molecule has 0 spiro atoms. The molecular weight excluding hydrogens is 454 g/mol. The van der Waals surface area contributed by atoms with Gasteiger partial charge >= 0.3 is 12.1 Å².